The quantitative estimate of drug-likeness (QED) is 0.0256. The topological polar surface area (TPSA) is 111 Å². The third kappa shape index (κ3) is 83.8. The Morgan fingerprint density at radius 3 is 0.660 bits per heavy atom. The van der Waals surface area contributed by atoms with E-state index < -0.39 is 26.5 Å². The van der Waals surface area contributed by atoms with Gasteiger partial charge in [0.2, 0.25) is 0 Å². The van der Waals surface area contributed by atoms with Gasteiger partial charge in [-0.05, 0) is 12.8 Å². The van der Waals surface area contributed by atoms with Crippen molar-refractivity contribution in [2.75, 3.05) is 47.5 Å². The fourth-order valence-corrected chi connectivity index (χ4v) is 14.9. The minimum absolute atomic E-state index is 0.0246. The molecule has 0 amide bonds. The fourth-order valence-electron chi connectivity index (χ4n) is 14.1. The summed E-state index contributed by atoms with van der Waals surface area (Å²) in [6.45, 7) is 4.36. The maximum atomic E-state index is 12.9. The second-order valence-corrected chi connectivity index (χ2v) is 33.4. The first-order chi connectivity index (χ1) is 47.5. The molecule has 0 aromatic rings. The van der Waals surface area contributed by atoms with Crippen molar-refractivity contribution >= 4 is 19.8 Å². The molecule has 0 aliphatic heterocycles. The van der Waals surface area contributed by atoms with E-state index in [0.29, 0.717) is 17.4 Å². The molecule has 0 radical (unpaired) electrons. The van der Waals surface area contributed by atoms with E-state index in [0.717, 1.165) is 32.1 Å². The average Bonchev–Trinajstić information content (AvgIpc) is 1.69. The maximum Gasteiger partial charge on any atom is 0.306 e. The van der Waals surface area contributed by atoms with Gasteiger partial charge in [0.05, 0.1) is 27.7 Å². The highest BCUT2D eigenvalue weighted by atomic mass is 31.2. The van der Waals surface area contributed by atoms with E-state index in [-0.39, 0.29) is 32.0 Å². The summed E-state index contributed by atoms with van der Waals surface area (Å²) in [6.07, 6.45) is 100.0. The maximum absolute atomic E-state index is 12.9. The molecule has 0 aromatic carbocycles. The Kier molecular flexibility index (Phi) is 78.3. The number of quaternary nitrogens is 1. The lowest BCUT2D eigenvalue weighted by molar-refractivity contribution is -0.870. The van der Waals surface area contributed by atoms with Crippen LogP contribution >= 0.6 is 7.82 Å². The van der Waals surface area contributed by atoms with Crippen molar-refractivity contribution in [1.29, 1.82) is 0 Å². The number of phosphoric acid groups is 1. The number of carbonyl (C=O) groups is 2. The molecule has 2 unspecified atom stereocenters. The molecule has 97 heavy (non-hydrogen) atoms. The standard InChI is InChI=1S/C87H174NO8P/c1-6-8-10-12-14-16-18-20-22-24-26-28-30-32-34-36-38-40-41-42-43-44-45-46-47-48-50-52-54-56-58-60-62-64-66-68-70-72-74-76-78-80-87(90)96-85(84-95-97(91,92)94-82-81-88(3,4)5)83-93-86(89)79-77-75-73-71-69-67-65-63-61-59-57-55-53-51-49-39-37-35-33-31-29-27-25-23-21-19-17-15-13-11-9-7-2/h85H,6-84H2,1-5H3. The summed E-state index contributed by atoms with van der Waals surface area (Å²) >= 11 is 0. The van der Waals surface area contributed by atoms with Crippen molar-refractivity contribution in [3.63, 3.8) is 0 Å². The van der Waals surface area contributed by atoms with Crippen molar-refractivity contribution in [1.82, 2.24) is 0 Å². The van der Waals surface area contributed by atoms with Gasteiger partial charge < -0.3 is 27.9 Å². The van der Waals surface area contributed by atoms with Gasteiger partial charge in [-0.1, -0.05) is 470 Å². The van der Waals surface area contributed by atoms with Crippen LogP contribution in [0.3, 0.4) is 0 Å². The molecule has 0 saturated heterocycles. The molecule has 10 heteroatoms. The number of hydrogen-bond donors (Lipinski definition) is 0. The van der Waals surface area contributed by atoms with Gasteiger partial charge in [0.15, 0.2) is 6.10 Å². The van der Waals surface area contributed by atoms with Gasteiger partial charge in [-0.3, -0.25) is 14.2 Å². The number of unbranched alkanes of at least 4 members (excludes halogenated alkanes) is 71. The van der Waals surface area contributed by atoms with Gasteiger partial charge in [-0.25, -0.2) is 0 Å². The Morgan fingerprint density at radius 2 is 0.464 bits per heavy atom. The van der Waals surface area contributed by atoms with Gasteiger partial charge in [0, 0.05) is 12.8 Å². The monoisotopic (exact) mass is 1390 g/mol. The van der Waals surface area contributed by atoms with Crippen LogP contribution in [-0.2, 0) is 32.7 Å². The number of carbonyl (C=O) groups excluding carboxylic acids is 2. The molecule has 0 aromatic heterocycles. The zero-order valence-electron chi connectivity index (χ0n) is 66.6. The van der Waals surface area contributed by atoms with E-state index in [1.54, 1.807) is 0 Å². The smallest absolute Gasteiger partial charge is 0.306 e. The number of likely N-dealkylation sites (N-methyl/N-ethyl adjacent to an activating group) is 1. The summed E-state index contributed by atoms with van der Waals surface area (Å²) in [5.74, 6) is -0.798. The van der Waals surface area contributed by atoms with Crippen LogP contribution in [0.4, 0.5) is 0 Å². The van der Waals surface area contributed by atoms with Crippen LogP contribution in [0.2, 0.25) is 0 Å². The number of nitrogens with zero attached hydrogens (tertiary/aromatic N) is 1. The molecule has 0 rings (SSSR count). The van der Waals surface area contributed by atoms with Crippen molar-refractivity contribution in [2.45, 2.75) is 502 Å². The Bertz CT molecular complexity index is 1590. The third-order valence-electron chi connectivity index (χ3n) is 20.9. The lowest BCUT2D eigenvalue weighted by Gasteiger charge is -2.28. The van der Waals surface area contributed by atoms with Crippen LogP contribution < -0.4 is 4.89 Å². The lowest BCUT2D eigenvalue weighted by atomic mass is 10.0. The molecule has 0 heterocycles. The van der Waals surface area contributed by atoms with Crippen molar-refractivity contribution in [3.05, 3.63) is 0 Å². The zero-order chi connectivity index (χ0) is 70.4. The normalized spacial score (nSPS) is 12.8. The molecule has 2 atom stereocenters. The predicted octanol–water partition coefficient (Wildman–Crippen LogP) is 28.9. The summed E-state index contributed by atoms with van der Waals surface area (Å²) in [7, 11) is 1.20. The van der Waals surface area contributed by atoms with Gasteiger partial charge >= 0.3 is 11.9 Å². The molecular weight excluding hydrogens is 1220 g/mol. The highest BCUT2D eigenvalue weighted by Gasteiger charge is 2.22. The summed E-state index contributed by atoms with van der Waals surface area (Å²) in [5.41, 5.74) is 0. The molecular formula is C87H174NO8P. The number of hydrogen-bond acceptors (Lipinski definition) is 8. The number of ether oxygens (including phenoxy) is 2. The van der Waals surface area contributed by atoms with Gasteiger partial charge in [-0.2, -0.15) is 0 Å². The third-order valence-corrected chi connectivity index (χ3v) is 21.8. The summed E-state index contributed by atoms with van der Waals surface area (Å²) in [6, 6.07) is 0. The molecule has 0 fully saturated rings. The van der Waals surface area contributed by atoms with Crippen LogP contribution in [0.15, 0.2) is 0 Å². The van der Waals surface area contributed by atoms with E-state index >= 15 is 0 Å². The van der Waals surface area contributed by atoms with Crippen molar-refractivity contribution in [2.24, 2.45) is 0 Å². The predicted molar refractivity (Wildman–Crippen MR) is 421 cm³/mol. The summed E-state index contributed by atoms with van der Waals surface area (Å²) in [5, 5.41) is 0. The zero-order valence-corrected chi connectivity index (χ0v) is 67.5. The number of phosphoric ester groups is 1. The van der Waals surface area contributed by atoms with E-state index in [9.17, 15) is 19.0 Å². The van der Waals surface area contributed by atoms with E-state index in [2.05, 4.69) is 13.8 Å². The highest BCUT2D eigenvalue weighted by Crippen LogP contribution is 2.38. The van der Waals surface area contributed by atoms with E-state index in [1.807, 2.05) is 21.1 Å². The number of rotatable bonds is 85. The number of esters is 2. The van der Waals surface area contributed by atoms with Crippen LogP contribution in [-0.4, -0.2) is 70.0 Å². The minimum atomic E-state index is -4.64. The first kappa shape index (κ1) is 96.0. The Balaban J connectivity index is 3.82. The van der Waals surface area contributed by atoms with Crippen LogP contribution in [0.5, 0.6) is 0 Å². The first-order valence-corrected chi connectivity index (χ1v) is 45.7. The summed E-state index contributed by atoms with van der Waals surface area (Å²) < 4.78 is 34.5. The average molecular weight is 1390 g/mol. The van der Waals surface area contributed by atoms with Crippen molar-refractivity contribution < 1.29 is 42.1 Å². The van der Waals surface area contributed by atoms with E-state index in [1.165, 1.54) is 430 Å². The van der Waals surface area contributed by atoms with Crippen LogP contribution in [0.1, 0.15) is 495 Å². The van der Waals surface area contributed by atoms with Crippen LogP contribution in [0.25, 0.3) is 0 Å². The van der Waals surface area contributed by atoms with Gasteiger partial charge in [0.1, 0.15) is 19.8 Å². The fraction of sp³-hybridized carbons (Fsp3) is 0.977. The Morgan fingerprint density at radius 1 is 0.278 bits per heavy atom. The minimum Gasteiger partial charge on any atom is -0.756 e. The molecule has 0 N–H and O–H groups in total. The molecule has 0 spiro atoms. The SMILES string of the molecule is CCCCCCCCCCCCCCCCCCCCCCCCCCCCCCCCCCCCCCCCCCCC(=O)OC(COC(=O)CCCCCCCCCCCCCCCCCCCCCCCCCCCCCCCCCC)COP(=O)([O-])OCC[N+](C)(C)C. The first-order valence-electron chi connectivity index (χ1n) is 44.2. The lowest BCUT2D eigenvalue weighted by Crippen LogP contribution is -2.37. The van der Waals surface area contributed by atoms with Gasteiger partial charge in [-0.15, -0.1) is 0 Å². The highest BCUT2D eigenvalue weighted by molar-refractivity contribution is 7.45. The molecule has 580 valence electrons. The molecule has 0 saturated carbocycles. The molecule has 0 bridgehead atoms. The Labute approximate surface area is 607 Å². The molecule has 9 nitrogen and oxygen atoms in total. The second kappa shape index (κ2) is 79.1. The second-order valence-electron chi connectivity index (χ2n) is 32.0. The Hall–Kier alpha value is -0.990. The van der Waals surface area contributed by atoms with Crippen molar-refractivity contribution in [3.8, 4) is 0 Å². The van der Waals surface area contributed by atoms with Gasteiger partial charge in [0.25, 0.3) is 7.82 Å². The van der Waals surface area contributed by atoms with Crippen LogP contribution in [0, 0.1) is 0 Å². The molecule has 0 aliphatic carbocycles. The summed E-state index contributed by atoms with van der Waals surface area (Å²) in [4.78, 5) is 38.2. The largest absolute Gasteiger partial charge is 0.756 e. The van der Waals surface area contributed by atoms with E-state index in [4.69, 9.17) is 18.5 Å². The molecule has 0 aliphatic rings.